The fourth-order valence-corrected chi connectivity index (χ4v) is 5.52. The molecule has 3 aromatic rings. The van der Waals surface area contributed by atoms with E-state index < -0.39 is 44.6 Å². The molecule has 2 unspecified atom stereocenters. The van der Waals surface area contributed by atoms with Gasteiger partial charge in [0.05, 0.1) is 18.5 Å². The summed E-state index contributed by atoms with van der Waals surface area (Å²) < 4.78 is 69.9. The zero-order chi connectivity index (χ0) is 29.8. The number of sulfone groups is 1. The number of hydrogen-bond donors (Lipinski definition) is 2. The van der Waals surface area contributed by atoms with E-state index in [0.717, 1.165) is 12.3 Å². The van der Waals surface area contributed by atoms with E-state index in [1.807, 2.05) is 13.8 Å². The number of amides is 1. The minimum absolute atomic E-state index is 0.0439. The molecular formula is C23H28ClFN7O6S2-. The molecule has 218 valence electrons. The molecule has 2 aromatic heterocycles. The van der Waals surface area contributed by atoms with E-state index in [1.54, 1.807) is 23.9 Å². The number of methoxy groups -OCH3 is 1. The molecule has 0 fully saturated rings. The highest BCUT2D eigenvalue weighted by Crippen LogP contribution is 2.38. The summed E-state index contributed by atoms with van der Waals surface area (Å²) in [4.78, 5) is 20.1. The number of carbonyl (C=O) groups excluding carboxylic acids is 1. The highest BCUT2D eigenvalue weighted by Gasteiger charge is 2.25. The van der Waals surface area contributed by atoms with Crippen LogP contribution >= 0.6 is 11.6 Å². The Morgan fingerprint density at radius 2 is 2.00 bits per heavy atom. The maximum absolute atomic E-state index is 15.9. The molecular weight excluding hydrogens is 589 g/mol. The summed E-state index contributed by atoms with van der Waals surface area (Å²) in [5, 5.41) is 10.1. The van der Waals surface area contributed by atoms with Gasteiger partial charge in [0.1, 0.15) is 11.6 Å². The first-order valence-electron chi connectivity index (χ1n) is 11.7. The number of rotatable bonds is 11. The second kappa shape index (κ2) is 12.9. The van der Waals surface area contributed by atoms with Gasteiger partial charge in [-0.25, -0.2) is 27.6 Å². The summed E-state index contributed by atoms with van der Waals surface area (Å²) in [5.74, 6) is -1.81. The maximum atomic E-state index is 15.9. The van der Waals surface area contributed by atoms with E-state index in [4.69, 9.17) is 11.6 Å². The Labute approximate surface area is 238 Å². The Morgan fingerprint density at radius 1 is 1.30 bits per heavy atom. The van der Waals surface area contributed by atoms with E-state index in [0.29, 0.717) is 15.6 Å². The number of nitrogens with zero attached hydrogens (tertiary/aromatic N) is 5. The zero-order valence-corrected chi connectivity index (χ0v) is 24.6. The number of nitrogens with one attached hydrogen (secondary N) is 2. The molecule has 2 atom stereocenters. The van der Waals surface area contributed by atoms with Crippen molar-refractivity contribution in [3.05, 3.63) is 41.4 Å². The third-order valence-corrected chi connectivity index (χ3v) is 7.18. The molecule has 0 aliphatic rings. The Balaban J connectivity index is 2.09. The number of benzene rings is 1. The quantitative estimate of drug-likeness (QED) is 0.305. The zero-order valence-electron chi connectivity index (χ0n) is 22.2. The lowest BCUT2D eigenvalue weighted by Gasteiger charge is -2.26. The van der Waals surface area contributed by atoms with E-state index >= 15 is 4.39 Å². The third kappa shape index (κ3) is 7.87. The number of alkyl carbamates (subject to hydrolysis) is 1. The Kier molecular flexibility index (Phi) is 10.0. The molecule has 0 aliphatic heterocycles. The van der Waals surface area contributed by atoms with Gasteiger partial charge in [-0.05, 0) is 39.0 Å². The standard InChI is InChI=1S/C23H29ClFN7O6S2/c1-13(2)31-11-17(18-6-7-26-22(29-18)27-10-14(3)28-23(33)38-4)21(30-31)16-8-15(24)9-19(20(16)25)32(39(34)35)12-40(5,36)37/h6-9,11,13-14H,10,12H2,1-5H3,(H,28,33)(H,34,35)(H,26,27,29)/p-1. The molecule has 13 nitrogen and oxygen atoms in total. The van der Waals surface area contributed by atoms with Crippen molar-refractivity contribution < 1.29 is 31.1 Å². The first-order chi connectivity index (χ1) is 18.7. The van der Waals surface area contributed by atoms with Gasteiger partial charge in [0.15, 0.2) is 15.7 Å². The number of aromatic nitrogens is 4. The van der Waals surface area contributed by atoms with Crippen LogP contribution in [0, 0.1) is 5.82 Å². The van der Waals surface area contributed by atoms with Crippen molar-refractivity contribution in [2.45, 2.75) is 32.9 Å². The van der Waals surface area contributed by atoms with Crippen LogP contribution in [0.4, 0.5) is 20.8 Å². The molecule has 40 heavy (non-hydrogen) atoms. The van der Waals surface area contributed by atoms with Gasteiger partial charge in [0, 0.05) is 64.7 Å². The third-order valence-electron chi connectivity index (χ3n) is 5.38. The number of anilines is 2. The number of ether oxygens (including phenoxy) is 1. The number of carbonyl (C=O) groups is 1. The van der Waals surface area contributed by atoms with Gasteiger partial charge >= 0.3 is 6.09 Å². The van der Waals surface area contributed by atoms with Crippen LogP contribution in [0.1, 0.15) is 26.8 Å². The molecule has 0 bridgehead atoms. The summed E-state index contributed by atoms with van der Waals surface area (Å²) in [7, 11) is -2.60. The molecule has 0 aliphatic carbocycles. The lowest BCUT2D eigenvalue weighted by Crippen LogP contribution is -2.37. The largest absolute Gasteiger partial charge is 0.755 e. The van der Waals surface area contributed by atoms with Crippen molar-refractivity contribution in [2.75, 3.05) is 35.4 Å². The van der Waals surface area contributed by atoms with Crippen molar-refractivity contribution in [3.8, 4) is 22.5 Å². The molecule has 1 aromatic carbocycles. The van der Waals surface area contributed by atoms with Crippen molar-refractivity contribution in [1.82, 2.24) is 25.1 Å². The van der Waals surface area contributed by atoms with Crippen LogP contribution in [0.2, 0.25) is 5.02 Å². The summed E-state index contributed by atoms with van der Waals surface area (Å²) in [6.07, 6.45) is 3.36. The molecule has 0 saturated heterocycles. The lowest BCUT2D eigenvalue weighted by molar-refractivity contribution is 0.168. The molecule has 0 spiro atoms. The first kappa shape index (κ1) is 31.2. The predicted octanol–water partition coefficient (Wildman–Crippen LogP) is 3.14. The van der Waals surface area contributed by atoms with Crippen LogP contribution in [-0.2, 0) is 25.8 Å². The Hall–Kier alpha value is -3.34. The SMILES string of the molecule is COC(=O)NC(C)CNc1nccc(-c2cn(C(C)C)nc2-c2cc(Cl)cc(N(CS(C)(=O)=O)S(=O)[O-])c2F)n1. The summed E-state index contributed by atoms with van der Waals surface area (Å²) in [5.41, 5.74) is 0.115. The van der Waals surface area contributed by atoms with Crippen LogP contribution in [0.3, 0.4) is 0 Å². The summed E-state index contributed by atoms with van der Waals surface area (Å²) in [6.45, 7) is 5.74. The molecule has 3 rings (SSSR count). The molecule has 0 radical (unpaired) electrons. The van der Waals surface area contributed by atoms with Crippen molar-refractivity contribution in [2.24, 2.45) is 0 Å². The second-order valence-corrected chi connectivity index (χ2v) is 12.5. The highest BCUT2D eigenvalue weighted by atomic mass is 35.5. The van der Waals surface area contributed by atoms with E-state index in [2.05, 4.69) is 30.4 Å². The first-order valence-corrected chi connectivity index (χ1v) is 15.2. The molecule has 2 N–H and O–H groups in total. The molecule has 1 amide bonds. The van der Waals surface area contributed by atoms with Crippen LogP contribution in [0.15, 0.2) is 30.6 Å². The molecule has 2 heterocycles. The predicted molar refractivity (Wildman–Crippen MR) is 149 cm³/mol. The fraction of sp³-hybridized carbons (Fsp3) is 0.391. The van der Waals surface area contributed by atoms with Gasteiger partial charge < -0.3 is 19.9 Å². The van der Waals surface area contributed by atoms with Gasteiger partial charge in [0.2, 0.25) is 5.95 Å². The van der Waals surface area contributed by atoms with E-state index in [1.165, 1.54) is 19.4 Å². The normalized spacial score (nSPS) is 13.1. The molecule has 17 heteroatoms. The number of halogens is 2. The second-order valence-electron chi connectivity index (χ2n) is 9.09. The lowest BCUT2D eigenvalue weighted by atomic mass is 10.0. The van der Waals surface area contributed by atoms with Crippen molar-refractivity contribution in [3.63, 3.8) is 0 Å². The summed E-state index contributed by atoms with van der Waals surface area (Å²) >= 11 is 3.12. The van der Waals surface area contributed by atoms with Crippen LogP contribution in [-0.4, -0.2) is 74.9 Å². The topological polar surface area (TPSA) is 171 Å². The Bertz CT molecular complexity index is 1520. The maximum Gasteiger partial charge on any atom is 0.407 e. The minimum Gasteiger partial charge on any atom is -0.755 e. The van der Waals surface area contributed by atoms with Gasteiger partial charge in [-0.1, -0.05) is 11.6 Å². The van der Waals surface area contributed by atoms with Crippen LogP contribution < -0.4 is 14.9 Å². The average molecular weight is 617 g/mol. The minimum atomic E-state index is -3.86. The monoisotopic (exact) mass is 616 g/mol. The smallest absolute Gasteiger partial charge is 0.407 e. The summed E-state index contributed by atoms with van der Waals surface area (Å²) in [6, 6.07) is 3.41. The molecule has 0 saturated carbocycles. The number of hydrogen-bond acceptors (Lipinski definition) is 10. The van der Waals surface area contributed by atoms with Gasteiger partial charge in [0.25, 0.3) is 0 Å². The van der Waals surface area contributed by atoms with E-state index in [-0.39, 0.29) is 40.9 Å². The Morgan fingerprint density at radius 3 is 2.60 bits per heavy atom. The fourth-order valence-electron chi connectivity index (χ4n) is 3.53. The van der Waals surface area contributed by atoms with Crippen molar-refractivity contribution in [1.29, 1.82) is 0 Å². The van der Waals surface area contributed by atoms with Crippen LogP contribution in [0.25, 0.3) is 22.5 Å². The average Bonchev–Trinajstić information content (AvgIpc) is 3.32. The van der Waals surface area contributed by atoms with Crippen molar-refractivity contribution >= 4 is 50.4 Å². The van der Waals surface area contributed by atoms with Crippen LogP contribution in [0.5, 0.6) is 0 Å². The van der Waals surface area contributed by atoms with Gasteiger partial charge in [-0.3, -0.25) is 13.2 Å². The highest BCUT2D eigenvalue weighted by molar-refractivity contribution is 7.92. The van der Waals surface area contributed by atoms with Gasteiger partial charge in [-0.15, -0.1) is 0 Å². The van der Waals surface area contributed by atoms with E-state index in [9.17, 15) is 22.0 Å². The van der Waals surface area contributed by atoms with Gasteiger partial charge in [-0.2, -0.15) is 5.10 Å².